The molecule has 86 valence electrons. The topological polar surface area (TPSA) is 12.4 Å². The Morgan fingerprint density at radius 2 is 1.88 bits per heavy atom. The Kier molecular flexibility index (Phi) is 3.13. The number of rotatable bonds is 2. The summed E-state index contributed by atoms with van der Waals surface area (Å²) in [4.78, 5) is 4.92. The maximum absolute atomic E-state index is 4.92. The lowest BCUT2D eigenvalue weighted by Crippen LogP contribution is -2.17. The lowest BCUT2D eigenvalue weighted by Gasteiger charge is -2.20. The highest BCUT2D eigenvalue weighted by Gasteiger charge is 2.30. The van der Waals surface area contributed by atoms with Crippen LogP contribution in [0.25, 0.3) is 0 Å². The smallest absolute Gasteiger partial charge is 0.0720 e. The largest absolute Gasteiger partial charge is 0.286 e. The van der Waals surface area contributed by atoms with Crippen molar-refractivity contribution in [2.75, 3.05) is 0 Å². The van der Waals surface area contributed by atoms with Crippen molar-refractivity contribution in [2.45, 2.75) is 46.1 Å². The van der Waals surface area contributed by atoms with Gasteiger partial charge in [0.2, 0.25) is 0 Å². The number of aliphatic imine (C=N–C) groups is 1. The number of benzene rings is 1. The second kappa shape index (κ2) is 4.40. The summed E-state index contributed by atoms with van der Waals surface area (Å²) in [6.07, 6.45) is 3.77. The summed E-state index contributed by atoms with van der Waals surface area (Å²) < 4.78 is 0. The Bertz CT molecular complexity index is 376. The number of nitrogens with zero attached hydrogens (tertiary/aromatic N) is 1. The lowest BCUT2D eigenvalue weighted by atomic mass is 9.90. The van der Waals surface area contributed by atoms with Crippen molar-refractivity contribution in [2.24, 2.45) is 10.4 Å². The van der Waals surface area contributed by atoms with E-state index in [1.165, 1.54) is 30.5 Å². The van der Waals surface area contributed by atoms with Crippen LogP contribution in [-0.2, 0) is 0 Å². The molecule has 0 bridgehead atoms. The van der Waals surface area contributed by atoms with Crippen molar-refractivity contribution in [3.63, 3.8) is 0 Å². The van der Waals surface area contributed by atoms with Gasteiger partial charge in [0.25, 0.3) is 0 Å². The first-order valence-electron chi connectivity index (χ1n) is 6.22. The molecular weight excluding hydrogens is 194 g/mol. The summed E-state index contributed by atoms with van der Waals surface area (Å²) in [5, 5.41) is 0. The van der Waals surface area contributed by atoms with Crippen LogP contribution >= 0.6 is 0 Å². The van der Waals surface area contributed by atoms with Gasteiger partial charge in [-0.15, -0.1) is 0 Å². The Hall–Kier alpha value is -1.11. The second-order valence-corrected chi connectivity index (χ2v) is 5.40. The van der Waals surface area contributed by atoms with Gasteiger partial charge in [-0.3, -0.25) is 4.99 Å². The maximum atomic E-state index is 4.92. The van der Waals surface area contributed by atoms with Crippen LogP contribution in [0.5, 0.6) is 0 Å². The number of hydrogen-bond donors (Lipinski definition) is 0. The molecule has 0 saturated heterocycles. The minimum Gasteiger partial charge on any atom is -0.286 e. The molecule has 1 aliphatic carbocycles. The van der Waals surface area contributed by atoms with Gasteiger partial charge in [-0.2, -0.15) is 0 Å². The van der Waals surface area contributed by atoms with E-state index in [-0.39, 0.29) is 0 Å². The minimum absolute atomic E-state index is 0.300. The zero-order valence-corrected chi connectivity index (χ0v) is 10.5. The van der Waals surface area contributed by atoms with Crippen molar-refractivity contribution >= 4 is 5.71 Å². The average Bonchev–Trinajstić information content (AvgIpc) is 2.59. The molecule has 0 N–H and O–H groups in total. The van der Waals surface area contributed by atoms with Gasteiger partial charge >= 0.3 is 0 Å². The third-order valence-electron chi connectivity index (χ3n) is 3.63. The molecule has 0 aromatic heterocycles. The molecule has 1 saturated carbocycles. The monoisotopic (exact) mass is 215 g/mol. The summed E-state index contributed by atoms with van der Waals surface area (Å²) in [6.45, 7) is 6.82. The minimum atomic E-state index is 0.300. The van der Waals surface area contributed by atoms with Gasteiger partial charge in [-0.25, -0.2) is 0 Å². The first kappa shape index (κ1) is 11.4. The zero-order valence-electron chi connectivity index (χ0n) is 10.5. The van der Waals surface area contributed by atoms with Crippen molar-refractivity contribution in [1.29, 1.82) is 0 Å². The molecule has 1 fully saturated rings. The van der Waals surface area contributed by atoms with Crippen molar-refractivity contribution < 1.29 is 0 Å². The van der Waals surface area contributed by atoms with E-state index in [4.69, 9.17) is 4.99 Å². The Morgan fingerprint density at radius 1 is 1.19 bits per heavy atom. The third kappa shape index (κ3) is 2.34. The van der Waals surface area contributed by atoms with Crippen molar-refractivity contribution in [3.8, 4) is 0 Å². The van der Waals surface area contributed by atoms with E-state index in [1.807, 2.05) is 0 Å². The van der Waals surface area contributed by atoms with Gasteiger partial charge in [-0.1, -0.05) is 44.2 Å². The maximum Gasteiger partial charge on any atom is 0.0720 e. The van der Waals surface area contributed by atoms with E-state index in [9.17, 15) is 0 Å². The summed E-state index contributed by atoms with van der Waals surface area (Å²) in [7, 11) is 0. The highest BCUT2D eigenvalue weighted by molar-refractivity contribution is 5.91. The van der Waals surface area contributed by atoms with Crippen LogP contribution in [0.4, 0.5) is 0 Å². The highest BCUT2D eigenvalue weighted by Crippen LogP contribution is 2.36. The molecule has 1 heteroatoms. The van der Waals surface area contributed by atoms with Crippen LogP contribution in [0.15, 0.2) is 35.3 Å². The van der Waals surface area contributed by atoms with Crippen LogP contribution in [0, 0.1) is 5.41 Å². The summed E-state index contributed by atoms with van der Waals surface area (Å²) >= 11 is 0. The SMILES string of the molecule is C[C@@H](N=C1CCCC1(C)C)c1ccccc1. The van der Waals surface area contributed by atoms with Crippen LogP contribution in [0.1, 0.15) is 51.6 Å². The first-order valence-corrected chi connectivity index (χ1v) is 6.22. The van der Waals surface area contributed by atoms with Gasteiger partial charge in [0.1, 0.15) is 0 Å². The average molecular weight is 215 g/mol. The van der Waals surface area contributed by atoms with Gasteiger partial charge in [0.05, 0.1) is 6.04 Å². The molecule has 0 amide bonds. The fraction of sp³-hybridized carbons (Fsp3) is 0.533. The van der Waals surface area contributed by atoms with Crippen LogP contribution in [-0.4, -0.2) is 5.71 Å². The fourth-order valence-corrected chi connectivity index (χ4v) is 2.46. The van der Waals surface area contributed by atoms with E-state index >= 15 is 0 Å². The molecule has 16 heavy (non-hydrogen) atoms. The molecule has 1 atom stereocenters. The van der Waals surface area contributed by atoms with Gasteiger partial charge in [0, 0.05) is 11.1 Å². The molecule has 1 aromatic carbocycles. The Balaban J connectivity index is 2.18. The Labute approximate surface area is 98.6 Å². The molecule has 0 unspecified atom stereocenters. The highest BCUT2D eigenvalue weighted by atomic mass is 14.8. The first-order chi connectivity index (χ1) is 7.59. The predicted octanol–water partition coefficient (Wildman–Crippen LogP) is 4.40. The van der Waals surface area contributed by atoms with Gasteiger partial charge in [-0.05, 0) is 31.7 Å². The van der Waals surface area contributed by atoms with Crippen molar-refractivity contribution in [3.05, 3.63) is 35.9 Å². The molecule has 1 aromatic rings. The lowest BCUT2D eigenvalue weighted by molar-refractivity contribution is 0.508. The molecule has 2 rings (SSSR count). The fourth-order valence-electron chi connectivity index (χ4n) is 2.46. The standard InChI is InChI=1S/C15H21N/c1-12(13-8-5-4-6-9-13)16-14-10-7-11-15(14,2)3/h4-6,8-9,12H,7,10-11H2,1-3H3/t12-/m1/s1. The van der Waals surface area contributed by atoms with Crippen LogP contribution in [0.3, 0.4) is 0 Å². The molecule has 1 aliphatic rings. The zero-order chi connectivity index (χ0) is 11.6. The molecule has 0 radical (unpaired) electrons. The normalized spacial score (nSPS) is 23.6. The summed E-state index contributed by atoms with van der Waals surface area (Å²) in [5.74, 6) is 0. The molecule has 0 spiro atoms. The quantitative estimate of drug-likeness (QED) is 0.693. The Morgan fingerprint density at radius 3 is 2.44 bits per heavy atom. The summed E-state index contributed by atoms with van der Waals surface area (Å²) in [5.41, 5.74) is 3.05. The van der Waals surface area contributed by atoms with E-state index in [0.29, 0.717) is 11.5 Å². The number of hydrogen-bond acceptors (Lipinski definition) is 1. The van der Waals surface area contributed by atoms with E-state index in [0.717, 1.165) is 0 Å². The molecule has 0 aliphatic heterocycles. The summed E-state index contributed by atoms with van der Waals surface area (Å²) in [6, 6.07) is 10.9. The van der Waals surface area contributed by atoms with E-state index < -0.39 is 0 Å². The third-order valence-corrected chi connectivity index (χ3v) is 3.63. The van der Waals surface area contributed by atoms with E-state index in [2.05, 4.69) is 51.1 Å². The van der Waals surface area contributed by atoms with Crippen molar-refractivity contribution in [1.82, 2.24) is 0 Å². The van der Waals surface area contributed by atoms with E-state index in [1.54, 1.807) is 0 Å². The predicted molar refractivity (Wildman–Crippen MR) is 69.9 cm³/mol. The van der Waals surface area contributed by atoms with Crippen LogP contribution < -0.4 is 0 Å². The van der Waals surface area contributed by atoms with Crippen LogP contribution in [0.2, 0.25) is 0 Å². The second-order valence-electron chi connectivity index (χ2n) is 5.40. The molecule has 1 nitrogen and oxygen atoms in total. The van der Waals surface area contributed by atoms with Gasteiger partial charge < -0.3 is 0 Å². The molecular formula is C15H21N. The van der Waals surface area contributed by atoms with Gasteiger partial charge in [0.15, 0.2) is 0 Å². The molecule has 0 heterocycles.